The third-order valence-corrected chi connectivity index (χ3v) is 9.46. The summed E-state index contributed by atoms with van der Waals surface area (Å²) in [4.78, 5) is 38.1. The van der Waals surface area contributed by atoms with E-state index in [-0.39, 0.29) is 29.8 Å². The number of anilines is 3. The molecule has 4 heterocycles. The minimum Gasteiger partial charge on any atom is -0.353 e. The first-order chi connectivity index (χ1) is 19.1. The molecule has 2 amide bonds. The monoisotopic (exact) mass is 547 g/mol. The van der Waals surface area contributed by atoms with Crippen LogP contribution in [0.15, 0.2) is 24.9 Å². The van der Waals surface area contributed by atoms with Gasteiger partial charge in [0.05, 0.1) is 11.8 Å². The number of carbonyl (C=O) groups excluding carboxylic acids is 2. The van der Waals surface area contributed by atoms with Crippen molar-refractivity contribution < 1.29 is 9.59 Å². The van der Waals surface area contributed by atoms with E-state index in [4.69, 9.17) is 0 Å². The van der Waals surface area contributed by atoms with Gasteiger partial charge in [-0.1, -0.05) is 0 Å². The molecule has 0 spiro atoms. The summed E-state index contributed by atoms with van der Waals surface area (Å²) in [5.74, 6) is 2.29. The molecule has 3 fully saturated rings. The number of amides is 2. The second-order valence-electron chi connectivity index (χ2n) is 11.2. The minimum atomic E-state index is -0.0664. The number of thiophene rings is 1. The molecule has 12 heteroatoms. The number of carbonyl (C=O) groups is 2. The maximum Gasteiger partial charge on any atom is 0.254 e. The second-order valence-corrected chi connectivity index (χ2v) is 12.3. The first-order valence-electron chi connectivity index (χ1n) is 14.0. The summed E-state index contributed by atoms with van der Waals surface area (Å²) in [6, 6.07) is 0.354. The molecule has 3 aliphatic carbocycles. The Balaban J connectivity index is 1.08. The summed E-state index contributed by atoms with van der Waals surface area (Å²) in [5, 5.41) is 19.2. The molecule has 1 aliphatic heterocycles. The second kappa shape index (κ2) is 10.2. The van der Waals surface area contributed by atoms with Crippen LogP contribution in [0.5, 0.6) is 0 Å². The summed E-state index contributed by atoms with van der Waals surface area (Å²) in [7, 11) is 0. The molecule has 7 rings (SSSR count). The number of rotatable bonds is 9. The van der Waals surface area contributed by atoms with Gasteiger partial charge in [-0.15, -0.1) is 21.5 Å². The predicted molar refractivity (Wildman–Crippen MR) is 148 cm³/mol. The molecular weight excluding hydrogens is 514 g/mol. The standard InChI is InChI=1S/C27H33N9O2S/c37-24(17-3-4-17)33-26-23(25(38)30-12-16-1-2-16)20-11-19(5-6-21(20)39-26)36-15-31-34-27(36)32-18-7-10-35(14-18)22-13-28-8-9-29-22/h8-9,13,15-19H,1-7,10-12,14H2,(H,30,38)(H,32,34)(H,33,37)/t18-,19-/m0/s1. The van der Waals surface area contributed by atoms with Gasteiger partial charge in [0.2, 0.25) is 11.9 Å². The van der Waals surface area contributed by atoms with Crippen LogP contribution in [0, 0.1) is 11.8 Å². The number of hydrogen-bond donors (Lipinski definition) is 3. The maximum absolute atomic E-state index is 13.4. The van der Waals surface area contributed by atoms with E-state index in [2.05, 4.69) is 45.6 Å². The van der Waals surface area contributed by atoms with E-state index in [0.717, 1.165) is 62.5 Å². The average Bonchev–Trinajstić information content (AvgIpc) is 3.85. The average molecular weight is 548 g/mol. The van der Waals surface area contributed by atoms with Crippen molar-refractivity contribution in [3.8, 4) is 0 Å². The van der Waals surface area contributed by atoms with Gasteiger partial charge in [-0.05, 0) is 62.8 Å². The molecule has 4 aliphatic rings. The summed E-state index contributed by atoms with van der Waals surface area (Å²) < 4.78 is 2.12. The maximum atomic E-state index is 13.4. The van der Waals surface area contributed by atoms with Gasteiger partial charge in [0.1, 0.15) is 17.1 Å². The van der Waals surface area contributed by atoms with Crippen LogP contribution >= 0.6 is 11.3 Å². The first-order valence-corrected chi connectivity index (χ1v) is 14.8. The number of hydrogen-bond acceptors (Lipinski definition) is 9. The fourth-order valence-corrected chi connectivity index (χ4v) is 6.92. The largest absolute Gasteiger partial charge is 0.353 e. The normalized spacial score (nSPS) is 22.4. The van der Waals surface area contributed by atoms with E-state index < -0.39 is 0 Å². The zero-order valence-corrected chi connectivity index (χ0v) is 22.6. The Kier molecular flexibility index (Phi) is 6.42. The van der Waals surface area contributed by atoms with E-state index in [1.807, 2.05) is 0 Å². The van der Waals surface area contributed by atoms with Crippen LogP contribution in [-0.2, 0) is 17.6 Å². The van der Waals surface area contributed by atoms with Crippen LogP contribution in [0.1, 0.15) is 65.4 Å². The molecule has 2 saturated carbocycles. The molecule has 0 aromatic carbocycles. The quantitative estimate of drug-likeness (QED) is 0.373. The molecule has 3 aromatic rings. The van der Waals surface area contributed by atoms with Crippen LogP contribution < -0.4 is 20.9 Å². The smallest absolute Gasteiger partial charge is 0.254 e. The Labute approximate surface area is 230 Å². The fourth-order valence-electron chi connectivity index (χ4n) is 5.67. The number of fused-ring (bicyclic) bond motifs is 1. The predicted octanol–water partition coefficient (Wildman–Crippen LogP) is 3.04. The highest BCUT2D eigenvalue weighted by Gasteiger charge is 2.35. The molecule has 3 aromatic heterocycles. The van der Waals surface area contributed by atoms with Crippen LogP contribution in [0.2, 0.25) is 0 Å². The molecule has 2 atom stereocenters. The van der Waals surface area contributed by atoms with E-state index in [9.17, 15) is 9.59 Å². The number of aryl methyl sites for hydroxylation is 1. The van der Waals surface area contributed by atoms with Crippen molar-refractivity contribution in [1.82, 2.24) is 30.0 Å². The number of nitrogens with one attached hydrogen (secondary N) is 3. The van der Waals surface area contributed by atoms with Gasteiger partial charge >= 0.3 is 0 Å². The molecule has 204 valence electrons. The Morgan fingerprint density at radius 3 is 2.79 bits per heavy atom. The van der Waals surface area contributed by atoms with Crippen molar-refractivity contribution in [2.75, 3.05) is 35.2 Å². The zero-order valence-electron chi connectivity index (χ0n) is 21.8. The van der Waals surface area contributed by atoms with Gasteiger partial charge < -0.3 is 20.9 Å². The first kappa shape index (κ1) is 24.5. The van der Waals surface area contributed by atoms with Crippen molar-refractivity contribution >= 4 is 39.9 Å². The molecule has 0 radical (unpaired) electrons. The third-order valence-electron chi connectivity index (χ3n) is 8.26. The topological polar surface area (TPSA) is 130 Å². The van der Waals surface area contributed by atoms with Gasteiger partial charge in [-0.2, -0.15) is 0 Å². The van der Waals surface area contributed by atoms with Crippen molar-refractivity contribution in [3.63, 3.8) is 0 Å². The Hall–Kier alpha value is -3.54. The Morgan fingerprint density at radius 2 is 2.00 bits per heavy atom. The fraction of sp³-hybridized carbons (Fsp3) is 0.556. The highest BCUT2D eigenvalue weighted by Crippen LogP contribution is 2.43. The Morgan fingerprint density at radius 1 is 1.10 bits per heavy atom. The SMILES string of the molecule is O=C(NCC1CC1)c1c(NC(=O)C2CC2)sc2c1C[C@@H](n1cnnc1N[C@H]1CCN(c3cnccn3)C1)CC2. The van der Waals surface area contributed by atoms with Crippen LogP contribution in [-0.4, -0.2) is 62.2 Å². The minimum absolute atomic E-state index is 0.0405. The van der Waals surface area contributed by atoms with Gasteiger partial charge in [0.25, 0.3) is 5.91 Å². The molecule has 39 heavy (non-hydrogen) atoms. The van der Waals surface area contributed by atoms with Gasteiger partial charge in [0.15, 0.2) is 0 Å². The molecule has 11 nitrogen and oxygen atoms in total. The summed E-state index contributed by atoms with van der Waals surface area (Å²) in [6.45, 7) is 2.43. The molecular formula is C27H33N9O2S. The van der Waals surface area contributed by atoms with Crippen molar-refractivity contribution in [2.24, 2.45) is 11.8 Å². The van der Waals surface area contributed by atoms with E-state index in [0.29, 0.717) is 29.4 Å². The van der Waals surface area contributed by atoms with Crippen LogP contribution in [0.3, 0.4) is 0 Å². The van der Waals surface area contributed by atoms with Crippen LogP contribution in [0.25, 0.3) is 0 Å². The van der Waals surface area contributed by atoms with Crippen molar-refractivity contribution in [2.45, 2.75) is 63.5 Å². The number of nitrogens with zero attached hydrogens (tertiary/aromatic N) is 6. The molecule has 1 saturated heterocycles. The summed E-state index contributed by atoms with van der Waals surface area (Å²) in [5.41, 5.74) is 1.72. The lowest BCUT2D eigenvalue weighted by atomic mass is 9.91. The molecule has 3 N–H and O–H groups in total. The van der Waals surface area contributed by atoms with Crippen LogP contribution in [0.4, 0.5) is 16.8 Å². The molecule has 0 bridgehead atoms. The lowest BCUT2D eigenvalue weighted by Gasteiger charge is -2.26. The lowest BCUT2D eigenvalue weighted by molar-refractivity contribution is -0.117. The van der Waals surface area contributed by atoms with Gasteiger partial charge in [-0.25, -0.2) is 4.98 Å². The lowest BCUT2D eigenvalue weighted by Crippen LogP contribution is -2.30. The third kappa shape index (κ3) is 5.21. The Bertz CT molecular complexity index is 1360. The van der Waals surface area contributed by atoms with E-state index in [1.165, 1.54) is 17.7 Å². The molecule has 0 unspecified atom stereocenters. The van der Waals surface area contributed by atoms with E-state index >= 15 is 0 Å². The zero-order chi connectivity index (χ0) is 26.3. The highest BCUT2D eigenvalue weighted by molar-refractivity contribution is 7.17. The highest BCUT2D eigenvalue weighted by atomic mass is 32.1. The van der Waals surface area contributed by atoms with Gasteiger partial charge in [-0.3, -0.25) is 19.1 Å². The van der Waals surface area contributed by atoms with E-state index in [1.54, 1.807) is 36.3 Å². The summed E-state index contributed by atoms with van der Waals surface area (Å²) in [6.07, 6.45) is 14.7. The van der Waals surface area contributed by atoms with Gasteiger partial charge in [0, 0.05) is 54.9 Å². The van der Waals surface area contributed by atoms with Crippen molar-refractivity contribution in [3.05, 3.63) is 40.9 Å². The summed E-state index contributed by atoms with van der Waals surface area (Å²) >= 11 is 1.58. The van der Waals surface area contributed by atoms with Crippen molar-refractivity contribution in [1.29, 1.82) is 0 Å². The number of aromatic nitrogens is 5.